The number of rotatable bonds is 42. The Labute approximate surface area is 329 Å². The summed E-state index contributed by atoms with van der Waals surface area (Å²) >= 11 is 0. The summed E-state index contributed by atoms with van der Waals surface area (Å²) < 4.78 is 16.6. The van der Waals surface area contributed by atoms with Crippen LogP contribution in [-0.2, 0) is 28.6 Å². The number of unbranched alkanes of at least 4 members (excludes halogenated alkanes) is 29. The van der Waals surface area contributed by atoms with Gasteiger partial charge in [0.25, 0.3) is 0 Å². The second-order valence-corrected chi connectivity index (χ2v) is 16.5. The maximum Gasteiger partial charge on any atom is 0.306 e. The molecule has 0 saturated heterocycles. The highest BCUT2D eigenvalue weighted by atomic mass is 16.6. The first kappa shape index (κ1) is 51.4. The van der Waals surface area contributed by atoms with Gasteiger partial charge in [0.15, 0.2) is 6.10 Å². The molecular weight excluding hydrogens is 661 g/mol. The van der Waals surface area contributed by atoms with Gasteiger partial charge in [-0.2, -0.15) is 0 Å². The van der Waals surface area contributed by atoms with E-state index in [1.807, 2.05) is 0 Å². The fraction of sp³-hybridized carbons (Fsp3) is 0.936. The molecule has 0 aromatic rings. The Hall–Kier alpha value is -1.59. The average Bonchev–Trinajstić information content (AvgIpc) is 3.14. The van der Waals surface area contributed by atoms with Gasteiger partial charge in [-0.25, -0.2) is 0 Å². The van der Waals surface area contributed by atoms with E-state index < -0.39 is 6.10 Å². The fourth-order valence-corrected chi connectivity index (χ4v) is 6.98. The Morgan fingerprint density at radius 1 is 0.358 bits per heavy atom. The van der Waals surface area contributed by atoms with Crippen molar-refractivity contribution in [1.29, 1.82) is 0 Å². The fourth-order valence-electron chi connectivity index (χ4n) is 6.98. The molecule has 0 bridgehead atoms. The van der Waals surface area contributed by atoms with E-state index in [1.54, 1.807) is 0 Å². The third-order valence-corrected chi connectivity index (χ3v) is 10.5. The number of esters is 3. The van der Waals surface area contributed by atoms with Crippen LogP contribution in [0.15, 0.2) is 0 Å². The van der Waals surface area contributed by atoms with Crippen LogP contribution in [0.2, 0.25) is 0 Å². The molecule has 1 atom stereocenters. The van der Waals surface area contributed by atoms with Crippen LogP contribution in [0.25, 0.3) is 0 Å². The lowest BCUT2D eigenvalue weighted by molar-refractivity contribution is -0.167. The minimum atomic E-state index is -0.758. The molecule has 0 aromatic heterocycles. The van der Waals surface area contributed by atoms with Crippen LogP contribution in [-0.4, -0.2) is 37.2 Å². The number of hydrogen-bond donors (Lipinski definition) is 0. The second kappa shape index (κ2) is 41.6. The van der Waals surface area contributed by atoms with E-state index in [-0.39, 0.29) is 31.1 Å². The molecule has 0 spiro atoms. The predicted molar refractivity (Wildman–Crippen MR) is 224 cm³/mol. The molecule has 0 saturated carbocycles. The van der Waals surface area contributed by atoms with E-state index in [0.717, 1.165) is 70.1 Å². The summed E-state index contributed by atoms with van der Waals surface area (Å²) in [5.41, 5.74) is 0. The molecule has 6 nitrogen and oxygen atoms in total. The van der Waals surface area contributed by atoms with E-state index >= 15 is 0 Å². The van der Waals surface area contributed by atoms with Crippen LogP contribution in [0.4, 0.5) is 0 Å². The first-order chi connectivity index (χ1) is 25.9. The molecule has 53 heavy (non-hydrogen) atoms. The van der Waals surface area contributed by atoms with E-state index in [9.17, 15) is 14.4 Å². The Morgan fingerprint density at radius 3 is 0.925 bits per heavy atom. The first-order valence-corrected chi connectivity index (χ1v) is 23.4. The van der Waals surface area contributed by atoms with E-state index in [0.29, 0.717) is 19.3 Å². The van der Waals surface area contributed by atoms with Gasteiger partial charge in [0.05, 0.1) is 0 Å². The van der Waals surface area contributed by atoms with E-state index in [4.69, 9.17) is 14.2 Å². The SMILES string of the molecule is CCCCCCCCCCCCCCCCCCC(=O)OC[C@H](COC(=O)CCCCCCC)OC(=O)CCCCCCCCCCCCCC(C)C. The van der Waals surface area contributed by atoms with Crippen molar-refractivity contribution >= 4 is 17.9 Å². The van der Waals surface area contributed by atoms with Crippen LogP contribution in [0.1, 0.15) is 259 Å². The van der Waals surface area contributed by atoms with Crippen LogP contribution in [0.5, 0.6) is 0 Å². The summed E-state index contributed by atoms with van der Waals surface area (Å²) in [6, 6.07) is 0. The van der Waals surface area contributed by atoms with Crippen LogP contribution in [0, 0.1) is 5.92 Å². The largest absolute Gasteiger partial charge is 0.462 e. The maximum atomic E-state index is 12.7. The maximum absolute atomic E-state index is 12.7. The van der Waals surface area contributed by atoms with E-state index in [2.05, 4.69) is 27.7 Å². The highest BCUT2D eigenvalue weighted by Crippen LogP contribution is 2.16. The summed E-state index contributed by atoms with van der Waals surface area (Å²) in [6.45, 7) is 8.92. The Balaban J connectivity index is 4.16. The second-order valence-electron chi connectivity index (χ2n) is 16.5. The summed E-state index contributed by atoms with van der Waals surface area (Å²) in [6.07, 6.45) is 41.2. The third kappa shape index (κ3) is 41.4. The van der Waals surface area contributed by atoms with Gasteiger partial charge in [-0.3, -0.25) is 14.4 Å². The highest BCUT2D eigenvalue weighted by molar-refractivity contribution is 5.71. The zero-order valence-electron chi connectivity index (χ0n) is 36.0. The molecule has 0 amide bonds. The normalized spacial score (nSPS) is 11.9. The molecule has 0 N–H and O–H groups in total. The third-order valence-electron chi connectivity index (χ3n) is 10.5. The lowest BCUT2D eigenvalue weighted by atomic mass is 10.0. The van der Waals surface area contributed by atoms with Gasteiger partial charge >= 0.3 is 17.9 Å². The monoisotopic (exact) mass is 751 g/mol. The van der Waals surface area contributed by atoms with Gasteiger partial charge in [0.1, 0.15) is 13.2 Å². The van der Waals surface area contributed by atoms with Crippen LogP contribution < -0.4 is 0 Å². The number of ether oxygens (including phenoxy) is 3. The number of carbonyl (C=O) groups excluding carboxylic acids is 3. The Bertz CT molecular complexity index is 796. The molecule has 0 fully saturated rings. The molecular formula is C47H90O6. The van der Waals surface area contributed by atoms with Crippen LogP contribution >= 0.6 is 0 Å². The van der Waals surface area contributed by atoms with Crippen molar-refractivity contribution in [2.75, 3.05) is 13.2 Å². The Morgan fingerprint density at radius 2 is 0.623 bits per heavy atom. The summed E-state index contributed by atoms with van der Waals surface area (Å²) in [7, 11) is 0. The minimum Gasteiger partial charge on any atom is -0.462 e. The molecule has 0 aliphatic heterocycles. The average molecular weight is 751 g/mol. The smallest absolute Gasteiger partial charge is 0.306 e. The van der Waals surface area contributed by atoms with Crippen molar-refractivity contribution in [1.82, 2.24) is 0 Å². The van der Waals surface area contributed by atoms with Crippen molar-refractivity contribution in [3.63, 3.8) is 0 Å². The zero-order valence-corrected chi connectivity index (χ0v) is 36.0. The lowest BCUT2D eigenvalue weighted by Crippen LogP contribution is -2.30. The molecule has 0 rings (SSSR count). The standard InChI is InChI=1S/C47H90O6/c1-5-7-9-11-12-13-14-15-16-17-18-21-24-27-31-35-39-46(49)52-42-44(41-51-45(48)38-34-29-10-8-6-2)53-47(50)40-36-32-28-25-22-19-20-23-26-30-33-37-43(3)4/h43-44H,5-42H2,1-4H3/t44-/m0/s1. The van der Waals surface area contributed by atoms with Gasteiger partial charge in [0, 0.05) is 19.3 Å². The molecule has 314 valence electrons. The van der Waals surface area contributed by atoms with Gasteiger partial charge in [-0.15, -0.1) is 0 Å². The first-order valence-electron chi connectivity index (χ1n) is 23.4. The van der Waals surface area contributed by atoms with Crippen molar-refractivity contribution in [3.8, 4) is 0 Å². The molecule has 0 heterocycles. The summed E-state index contributed by atoms with van der Waals surface area (Å²) in [5.74, 6) is -0.0412. The molecule has 0 radical (unpaired) electrons. The quantitative estimate of drug-likeness (QED) is 0.0351. The van der Waals surface area contributed by atoms with Gasteiger partial charge < -0.3 is 14.2 Å². The lowest BCUT2D eigenvalue weighted by Gasteiger charge is -2.18. The van der Waals surface area contributed by atoms with Crippen molar-refractivity contribution < 1.29 is 28.6 Å². The molecule has 0 aliphatic carbocycles. The molecule has 0 unspecified atom stereocenters. The van der Waals surface area contributed by atoms with Gasteiger partial charge in [-0.05, 0) is 25.2 Å². The van der Waals surface area contributed by atoms with Crippen molar-refractivity contribution in [3.05, 3.63) is 0 Å². The number of carbonyl (C=O) groups is 3. The minimum absolute atomic E-state index is 0.0645. The summed E-state index contributed by atoms with van der Waals surface area (Å²) in [5, 5.41) is 0. The van der Waals surface area contributed by atoms with Crippen LogP contribution in [0.3, 0.4) is 0 Å². The molecule has 0 aromatic carbocycles. The zero-order chi connectivity index (χ0) is 38.9. The van der Waals surface area contributed by atoms with Crippen molar-refractivity contribution in [2.24, 2.45) is 5.92 Å². The van der Waals surface area contributed by atoms with Gasteiger partial charge in [0.2, 0.25) is 0 Å². The topological polar surface area (TPSA) is 78.9 Å². The van der Waals surface area contributed by atoms with Gasteiger partial charge in [-0.1, -0.05) is 220 Å². The van der Waals surface area contributed by atoms with Crippen molar-refractivity contribution in [2.45, 2.75) is 265 Å². The van der Waals surface area contributed by atoms with E-state index in [1.165, 1.54) is 148 Å². The predicted octanol–water partition coefficient (Wildman–Crippen LogP) is 14.7. The highest BCUT2D eigenvalue weighted by Gasteiger charge is 2.19. The molecule has 0 aliphatic rings. The Kier molecular flexibility index (Phi) is 40.3. The summed E-state index contributed by atoms with van der Waals surface area (Å²) in [4.78, 5) is 37.5. The number of hydrogen-bond acceptors (Lipinski definition) is 6. The molecule has 6 heteroatoms.